The molecule has 150 valence electrons. The van der Waals surface area contributed by atoms with Crippen LogP contribution in [0, 0.1) is 0 Å². The van der Waals surface area contributed by atoms with Crippen molar-refractivity contribution in [3.05, 3.63) is 59.7 Å². The fourth-order valence-corrected chi connectivity index (χ4v) is 3.59. The molecule has 0 aliphatic carbocycles. The minimum absolute atomic E-state index is 0.00206. The number of methoxy groups -OCH3 is 1. The third kappa shape index (κ3) is 5.04. The Hall–Kier alpha value is -2.53. The highest BCUT2D eigenvalue weighted by Gasteiger charge is 2.29. The van der Waals surface area contributed by atoms with Crippen molar-refractivity contribution in [2.45, 2.75) is 32.2 Å². The molecule has 0 aromatic heterocycles. The van der Waals surface area contributed by atoms with Crippen molar-refractivity contribution >= 4 is 5.91 Å². The largest absolute Gasteiger partial charge is 0.496 e. The van der Waals surface area contributed by atoms with Gasteiger partial charge in [0.15, 0.2) is 0 Å². The quantitative estimate of drug-likeness (QED) is 0.758. The molecule has 1 N–H and O–H groups in total. The molecule has 5 nitrogen and oxygen atoms in total. The maximum Gasteiger partial charge on any atom is 0.223 e. The molecule has 3 rings (SSSR count). The number of hydrogen-bond donors (Lipinski definition) is 1. The van der Waals surface area contributed by atoms with Gasteiger partial charge in [0, 0.05) is 31.6 Å². The van der Waals surface area contributed by atoms with Gasteiger partial charge in [-0.2, -0.15) is 0 Å². The molecule has 0 radical (unpaired) electrons. The second kappa shape index (κ2) is 10.1. The lowest BCUT2D eigenvalue weighted by molar-refractivity contribution is -0.134. The van der Waals surface area contributed by atoms with Gasteiger partial charge in [-0.3, -0.25) is 4.79 Å². The highest BCUT2D eigenvalue weighted by Crippen LogP contribution is 2.30. The van der Waals surface area contributed by atoms with E-state index in [2.05, 4.69) is 12.2 Å². The van der Waals surface area contributed by atoms with E-state index in [0.717, 1.165) is 55.2 Å². The van der Waals surface area contributed by atoms with Crippen molar-refractivity contribution in [2.75, 3.05) is 33.4 Å². The Bertz CT molecular complexity index is 761. The zero-order valence-electron chi connectivity index (χ0n) is 16.8. The van der Waals surface area contributed by atoms with Gasteiger partial charge in [-0.25, -0.2) is 0 Å². The fourth-order valence-electron chi connectivity index (χ4n) is 3.59. The van der Waals surface area contributed by atoms with E-state index in [4.69, 9.17) is 9.47 Å². The first-order chi connectivity index (χ1) is 13.7. The van der Waals surface area contributed by atoms with Gasteiger partial charge in [-0.1, -0.05) is 37.3 Å². The van der Waals surface area contributed by atoms with E-state index in [1.165, 1.54) is 0 Å². The summed E-state index contributed by atoms with van der Waals surface area (Å²) in [6.45, 7) is 5.10. The molecule has 1 atom stereocenters. The van der Waals surface area contributed by atoms with Gasteiger partial charge >= 0.3 is 0 Å². The van der Waals surface area contributed by atoms with E-state index in [-0.39, 0.29) is 11.9 Å². The van der Waals surface area contributed by atoms with Crippen molar-refractivity contribution in [1.82, 2.24) is 10.2 Å². The number of nitrogens with zero attached hydrogens (tertiary/aromatic N) is 1. The SMILES string of the molecule is CCCOc1ccc(CCC(=O)N2CCNCC2c2ccccc2OC)cc1. The van der Waals surface area contributed by atoms with E-state index in [1.54, 1.807) is 7.11 Å². The summed E-state index contributed by atoms with van der Waals surface area (Å²) in [6.07, 6.45) is 2.23. The second-order valence-corrected chi connectivity index (χ2v) is 7.04. The van der Waals surface area contributed by atoms with Crippen molar-refractivity contribution < 1.29 is 14.3 Å². The van der Waals surface area contributed by atoms with Gasteiger partial charge in [0.25, 0.3) is 0 Å². The maximum absolute atomic E-state index is 13.0. The number of amides is 1. The zero-order chi connectivity index (χ0) is 19.8. The molecule has 0 spiro atoms. The van der Waals surface area contributed by atoms with Crippen LogP contribution in [0.15, 0.2) is 48.5 Å². The molecule has 1 amide bonds. The Morgan fingerprint density at radius 2 is 1.96 bits per heavy atom. The minimum atomic E-state index is 0.00206. The number of benzene rings is 2. The monoisotopic (exact) mass is 382 g/mol. The summed E-state index contributed by atoms with van der Waals surface area (Å²) in [4.78, 5) is 15.0. The second-order valence-electron chi connectivity index (χ2n) is 7.04. The fraction of sp³-hybridized carbons (Fsp3) is 0.435. The van der Waals surface area contributed by atoms with E-state index in [9.17, 15) is 4.79 Å². The lowest BCUT2D eigenvalue weighted by Gasteiger charge is -2.37. The first kappa shape index (κ1) is 20.2. The van der Waals surface area contributed by atoms with Crippen LogP contribution in [0.2, 0.25) is 0 Å². The van der Waals surface area contributed by atoms with Crippen molar-refractivity contribution in [3.63, 3.8) is 0 Å². The lowest BCUT2D eigenvalue weighted by Crippen LogP contribution is -2.48. The van der Waals surface area contributed by atoms with Crippen LogP contribution in [-0.4, -0.2) is 44.2 Å². The molecule has 1 saturated heterocycles. The van der Waals surface area contributed by atoms with Crippen LogP contribution < -0.4 is 14.8 Å². The summed E-state index contributed by atoms with van der Waals surface area (Å²) in [5, 5.41) is 3.40. The number of ether oxygens (including phenoxy) is 2. The van der Waals surface area contributed by atoms with Gasteiger partial charge < -0.3 is 19.7 Å². The maximum atomic E-state index is 13.0. The molecule has 1 aliphatic heterocycles. The summed E-state index contributed by atoms with van der Waals surface area (Å²) in [5.74, 6) is 1.90. The minimum Gasteiger partial charge on any atom is -0.496 e. The number of rotatable bonds is 8. The smallest absolute Gasteiger partial charge is 0.223 e. The molecule has 2 aromatic rings. The van der Waals surface area contributed by atoms with Crippen LogP contribution in [0.25, 0.3) is 0 Å². The van der Waals surface area contributed by atoms with E-state index < -0.39 is 0 Å². The third-order valence-corrected chi connectivity index (χ3v) is 5.09. The van der Waals surface area contributed by atoms with Crippen LogP contribution in [-0.2, 0) is 11.2 Å². The van der Waals surface area contributed by atoms with Crippen molar-refractivity contribution in [3.8, 4) is 11.5 Å². The zero-order valence-corrected chi connectivity index (χ0v) is 16.8. The molecule has 28 heavy (non-hydrogen) atoms. The number of para-hydroxylation sites is 1. The third-order valence-electron chi connectivity index (χ3n) is 5.09. The predicted octanol–water partition coefficient (Wildman–Crippen LogP) is 3.59. The average molecular weight is 383 g/mol. The summed E-state index contributed by atoms with van der Waals surface area (Å²) >= 11 is 0. The number of carbonyl (C=O) groups excluding carboxylic acids is 1. The van der Waals surface area contributed by atoms with E-state index >= 15 is 0 Å². The average Bonchev–Trinajstić information content (AvgIpc) is 2.76. The van der Waals surface area contributed by atoms with Crippen LogP contribution in [0.1, 0.15) is 36.9 Å². The summed E-state index contributed by atoms with van der Waals surface area (Å²) in [5.41, 5.74) is 2.21. The number of nitrogens with one attached hydrogen (secondary N) is 1. The topological polar surface area (TPSA) is 50.8 Å². The molecule has 0 saturated carbocycles. The number of hydrogen-bond acceptors (Lipinski definition) is 4. The molecular formula is C23H30N2O3. The van der Waals surface area contributed by atoms with Gasteiger partial charge in [0.2, 0.25) is 5.91 Å². The van der Waals surface area contributed by atoms with E-state index in [0.29, 0.717) is 13.0 Å². The normalized spacial score (nSPS) is 16.6. The molecular weight excluding hydrogens is 352 g/mol. The van der Waals surface area contributed by atoms with Gasteiger partial charge in [-0.15, -0.1) is 0 Å². The summed E-state index contributed by atoms with van der Waals surface area (Å²) in [6, 6.07) is 16.0. The van der Waals surface area contributed by atoms with Crippen LogP contribution in [0.3, 0.4) is 0 Å². The highest BCUT2D eigenvalue weighted by molar-refractivity contribution is 5.77. The Morgan fingerprint density at radius 3 is 2.71 bits per heavy atom. The molecule has 0 bridgehead atoms. The Morgan fingerprint density at radius 1 is 1.18 bits per heavy atom. The van der Waals surface area contributed by atoms with Gasteiger partial charge in [0.05, 0.1) is 19.8 Å². The van der Waals surface area contributed by atoms with E-state index in [1.807, 2.05) is 53.4 Å². The van der Waals surface area contributed by atoms with Gasteiger partial charge in [0.1, 0.15) is 11.5 Å². The van der Waals surface area contributed by atoms with Gasteiger partial charge in [-0.05, 0) is 36.6 Å². The standard InChI is InChI=1S/C23H30N2O3/c1-3-16-28-19-11-8-18(9-12-19)10-13-23(26)25-15-14-24-17-21(25)20-6-4-5-7-22(20)27-2/h4-9,11-12,21,24H,3,10,13-17H2,1-2H3. The summed E-state index contributed by atoms with van der Waals surface area (Å²) in [7, 11) is 1.68. The highest BCUT2D eigenvalue weighted by atomic mass is 16.5. The molecule has 1 aliphatic rings. The van der Waals surface area contributed by atoms with Crippen LogP contribution in [0.4, 0.5) is 0 Å². The molecule has 2 aromatic carbocycles. The molecule has 1 unspecified atom stereocenters. The van der Waals surface area contributed by atoms with Crippen molar-refractivity contribution in [2.24, 2.45) is 0 Å². The molecule has 5 heteroatoms. The first-order valence-electron chi connectivity index (χ1n) is 10.1. The molecule has 1 heterocycles. The van der Waals surface area contributed by atoms with Crippen LogP contribution in [0.5, 0.6) is 11.5 Å². The lowest BCUT2D eigenvalue weighted by atomic mass is 10.0. The Labute approximate surface area is 167 Å². The first-order valence-corrected chi connectivity index (χ1v) is 10.1. The van der Waals surface area contributed by atoms with Crippen LogP contribution >= 0.6 is 0 Å². The Balaban J connectivity index is 1.63. The number of carbonyl (C=O) groups is 1. The van der Waals surface area contributed by atoms with Crippen molar-refractivity contribution in [1.29, 1.82) is 0 Å². The number of piperazine rings is 1. The molecule has 1 fully saturated rings. The summed E-state index contributed by atoms with van der Waals surface area (Å²) < 4.78 is 11.1. The predicted molar refractivity (Wildman–Crippen MR) is 111 cm³/mol. The Kier molecular flexibility index (Phi) is 7.31. The number of aryl methyl sites for hydroxylation is 1.